The van der Waals surface area contributed by atoms with E-state index in [1.54, 1.807) is 0 Å². The average Bonchev–Trinajstić information content (AvgIpc) is 2.49. The van der Waals surface area contributed by atoms with Gasteiger partial charge >= 0.3 is 0 Å². The lowest BCUT2D eigenvalue weighted by molar-refractivity contribution is 0.00570. The molecule has 2 rings (SSSR count). The van der Waals surface area contributed by atoms with Crippen LogP contribution < -0.4 is 4.90 Å². The Labute approximate surface area is 123 Å². The van der Waals surface area contributed by atoms with Crippen molar-refractivity contribution >= 4 is 5.69 Å². The van der Waals surface area contributed by atoms with Crippen LogP contribution in [0.3, 0.4) is 0 Å². The molecule has 2 nitrogen and oxygen atoms in total. The molecule has 1 heterocycles. The molecule has 0 aromatic heterocycles. The fraction of sp³-hybridized carbons (Fsp3) is 0.667. The summed E-state index contributed by atoms with van der Waals surface area (Å²) in [5.74, 6) is 0. The van der Waals surface area contributed by atoms with Crippen LogP contribution in [0, 0.1) is 0 Å². The number of benzene rings is 1. The van der Waals surface area contributed by atoms with Gasteiger partial charge in [-0.25, -0.2) is 0 Å². The van der Waals surface area contributed by atoms with Gasteiger partial charge < -0.3 is 10.0 Å². The predicted octanol–water partition coefficient (Wildman–Crippen LogP) is 4.38. The van der Waals surface area contributed by atoms with Gasteiger partial charge in [-0.2, -0.15) is 0 Å². The molecular weight excluding hydrogens is 246 g/mol. The monoisotopic (exact) mass is 275 g/mol. The van der Waals surface area contributed by atoms with Crippen LogP contribution in [0.2, 0.25) is 0 Å². The zero-order valence-corrected chi connectivity index (χ0v) is 12.9. The van der Waals surface area contributed by atoms with E-state index in [-0.39, 0.29) is 0 Å². The van der Waals surface area contributed by atoms with E-state index >= 15 is 0 Å². The number of aliphatic hydroxyl groups is 1. The number of hydrogen-bond donors (Lipinski definition) is 1. The highest BCUT2D eigenvalue weighted by molar-refractivity contribution is 5.46. The van der Waals surface area contributed by atoms with Crippen molar-refractivity contribution in [1.82, 2.24) is 0 Å². The minimum atomic E-state index is -0.405. The third-order valence-corrected chi connectivity index (χ3v) is 4.56. The maximum atomic E-state index is 10.7. The van der Waals surface area contributed by atoms with E-state index in [1.165, 1.54) is 37.8 Å². The van der Waals surface area contributed by atoms with Crippen molar-refractivity contribution in [2.75, 3.05) is 18.0 Å². The fourth-order valence-electron chi connectivity index (χ4n) is 3.13. The zero-order valence-electron chi connectivity index (χ0n) is 12.9. The Kier molecular flexibility index (Phi) is 5.90. The lowest BCUT2D eigenvalue weighted by Gasteiger charge is -2.39. The maximum Gasteiger partial charge on any atom is 0.0681 e. The Balaban J connectivity index is 1.72. The molecule has 20 heavy (non-hydrogen) atoms. The molecule has 0 atom stereocenters. The lowest BCUT2D eigenvalue weighted by atomic mass is 9.86. The second-order valence-electron chi connectivity index (χ2n) is 6.21. The highest BCUT2D eigenvalue weighted by atomic mass is 16.3. The molecule has 1 aromatic rings. The summed E-state index contributed by atoms with van der Waals surface area (Å²) in [6, 6.07) is 10.6. The summed E-state index contributed by atoms with van der Waals surface area (Å²) in [6.45, 7) is 4.21. The highest BCUT2D eigenvalue weighted by Crippen LogP contribution is 2.30. The minimum absolute atomic E-state index is 0.405. The SMILES string of the molecule is CCCCCCCC1(O)CCN(c2ccccc2)CC1. The summed E-state index contributed by atoms with van der Waals surface area (Å²) in [4.78, 5) is 2.39. The molecule has 0 aliphatic carbocycles. The molecule has 0 amide bonds. The number of nitrogens with zero attached hydrogens (tertiary/aromatic N) is 1. The molecule has 2 heteroatoms. The molecule has 1 aliphatic heterocycles. The number of anilines is 1. The van der Waals surface area contributed by atoms with Crippen LogP contribution in [-0.4, -0.2) is 23.8 Å². The summed E-state index contributed by atoms with van der Waals surface area (Å²) < 4.78 is 0. The van der Waals surface area contributed by atoms with Crippen LogP contribution >= 0.6 is 0 Å². The number of hydrogen-bond acceptors (Lipinski definition) is 2. The number of piperidine rings is 1. The number of unbranched alkanes of at least 4 members (excludes halogenated alkanes) is 4. The van der Waals surface area contributed by atoms with Crippen molar-refractivity contribution in [3.05, 3.63) is 30.3 Å². The third kappa shape index (κ3) is 4.52. The highest BCUT2D eigenvalue weighted by Gasteiger charge is 2.31. The van der Waals surface area contributed by atoms with E-state index in [0.717, 1.165) is 32.4 Å². The molecule has 0 bridgehead atoms. The van der Waals surface area contributed by atoms with Gasteiger partial charge in [-0.05, 0) is 31.4 Å². The topological polar surface area (TPSA) is 23.5 Å². The van der Waals surface area contributed by atoms with Crippen LogP contribution in [0.25, 0.3) is 0 Å². The third-order valence-electron chi connectivity index (χ3n) is 4.56. The van der Waals surface area contributed by atoms with Gasteiger partial charge in [-0.1, -0.05) is 57.2 Å². The van der Waals surface area contributed by atoms with Crippen LogP contribution in [-0.2, 0) is 0 Å². The van der Waals surface area contributed by atoms with Gasteiger partial charge in [0, 0.05) is 18.8 Å². The van der Waals surface area contributed by atoms with E-state index in [1.807, 2.05) is 0 Å². The summed E-state index contributed by atoms with van der Waals surface area (Å²) in [5.41, 5.74) is 0.884. The molecule has 1 aromatic carbocycles. The van der Waals surface area contributed by atoms with Crippen molar-refractivity contribution in [2.24, 2.45) is 0 Å². The Morgan fingerprint density at radius 3 is 2.30 bits per heavy atom. The van der Waals surface area contributed by atoms with E-state index < -0.39 is 5.60 Å². The summed E-state index contributed by atoms with van der Waals surface area (Å²) in [6.07, 6.45) is 9.21. The summed E-state index contributed by atoms with van der Waals surface area (Å²) in [7, 11) is 0. The van der Waals surface area contributed by atoms with E-state index in [0.29, 0.717) is 0 Å². The van der Waals surface area contributed by atoms with Gasteiger partial charge in [0.2, 0.25) is 0 Å². The fourth-order valence-corrected chi connectivity index (χ4v) is 3.13. The molecule has 0 radical (unpaired) electrons. The molecule has 0 spiro atoms. The van der Waals surface area contributed by atoms with E-state index in [2.05, 4.69) is 42.2 Å². The maximum absolute atomic E-state index is 10.7. The largest absolute Gasteiger partial charge is 0.390 e. The quantitative estimate of drug-likeness (QED) is 0.747. The summed E-state index contributed by atoms with van der Waals surface area (Å²) >= 11 is 0. The number of para-hydroxylation sites is 1. The Morgan fingerprint density at radius 1 is 1.00 bits per heavy atom. The number of rotatable bonds is 7. The first kappa shape index (κ1) is 15.4. The normalized spacial score (nSPS) is 18.2. The first-order chi connectivity index (χ1) is 9.73. The molecule has 1 fully saturated rings. The van der Waals surface area contributed by atoms with Gasteiger partial charge in [-0.15, -0.1) is 0 Å². The standard InChI is InChI=1S/C18H29NO/c1-2-3-4-5-9-12-18(20)13-15-19(16-14-18)17-10-7-6-8-11-17/h6-8,10-11,20H,2-5,9,12-16H2,1H3. The molecule has 0 unspecified atom stereocenters. The van der Waals surface area contributed by atoms with Crippen molar-refractivity contribution in [1.29, 1.82) is 0 Å². The van der Waals surface area contributed by atoms with Gasteiger partial charge in [0.05, 0.1) is 5.60 Å². The molecule has 112 valence electrons. The van der Waals surface area contributed by atoms with E-state index in [9.17, 15) is 5.11 Å². The molecule has 1 aliphatic rings. The van der Waals surface area contributed by atoms with Gasteiger partial charge in [0.15, 0.2) is 0 Å². The Morgan fingerprint density at radius 2 is 1.65 bits per heavy atom. The summed E-state index contributed by atoms with van der Waals surface area (Å²) in [5, 5.41) is 10.7. The van der Waals surface area contributed by atoms with Gasteiger partial charge in [0.25, 0.3) is 0 Å². The van der Waals surface area contributed by atoms with Crippen molar-refractivity contribution in [2.45, 2.75) is 63.9 Å². The zero-order chi connectivity index (χ0) is 14.3. The smallest absolute Gasteiger partial charge is 0.0681 e. The average molecular weight is 275 g/mol. The predicted molar refractivity (Wildman–Crippen MR) is 86.2 cm³/mol. The molecular formula is C18H29NO. The van der Waals surface area contributed by atoms with Gasteiger partial charge in [-0.3, -0.25) is 0 Å². The Bertz CT molecular complexity index is 368. The first-order valence-electron chi connectivity index (χ1n) is 8.26. The van der Waals surface area contributed by atoms with Crippen LogP contribution in [0.1, 0.15) is 58.3 Å². The molecule has 1 N–H and O–H groups in total. The van der Waals surface area contributed by atoms with Crippen LogP contribution in [0.4, 0.5) is 5.69 Å². The molecule has 0 saturated carbocycles. The second kappa shape index (κ2) is 7.68. The molecule has 1 saturated heterocycles. The van der Waals surface area contributed by atoms with Crippen molar-refractivity contribution < 1.29 is 5.11 Å². The van der Waals surface area contributed by atoms with Crippen molar-refractivity contribution in [3.63, 3.8) is 0 Å². The second-order valence-corrected chi connectivity index (χ2v) is 6.21. The minimum Gasteiger partial charge on any atom is -0.390 e. The van der Waals surface area contributed by atoms with Crippen LogP contribution in [0.15, 0.2) is 30.3 Å². The van der Waals surface area contributed by atoms with E-state index in [4.69, 9.17) is 0 Å². The first-order valence-corrected chi connectivity index (χ1v) is 8.26. The lowest BCUT2D eigenvalue weighted by Crippen LogP contribution is -2.44. The Hall–Kier alpha value is -1.02. The van der Waals surface area contributed by atoms with Gasteiger partial charge in [0.1, 0.15) is 0 Å². The van der Waals surface area contributed by atoms with Crippen LogP contribution in [0.5, 0.6) is 0 Å². The van der Waals surface area contributed by atoms with Crippen molar-refractivity contribution in [3.8, 4) is 0 Å².